The van der Waals surface area contributed by atoms with Gasteiger partial charge in [-0.2, -0.15) is 0 Å². The Morgan fingerprint density at radius 1 is 0.703 bits per heavy atom. The molecule has 0 aromatic heterocycles. The number of rotatable bonds is 10. The molecule has 1 unspecified atom stereocenters. The minimum Gasteiger partial charge on any atom is -0.497 e. The molecule has 0 heterocycles. The molecule has 6 heteroatoms. The highest BCUT2D eigenvalue weighted by Gasteiger charge is 2.31. The predicted molar refractivity (Wildman–Crippen MR) is 144 cm³/mol. The van der Waals surface area contributed by atoms with Crippen molar-refractivity contribution in [1.29, 1.82) is 0 Å². The number of nitrogens with zero attached hydrogens (tertiary/aromatic N) is 1. The first-order valence-corrected chi connectivity index (χ1v) is 12.0. The van der Waals surface area contributed by atoms with Crippen LogP contribution in [0.25, 0.3) is 0 Å². The van der Waals surface area contributed by atoms with Gasteiger partial charge in [0.2, 0.25) is 5.91 Å². The number of nitrogens with one attached hydrogen (secondary N) is 1. The van der Waals surface area contributed by atoms with Crippen molar-refractivity contribution in [3.05, 3.63) is 126 Å². The largest absolute Gasteiger partial charge is 0.497 e. The second kappa shape index (κ2) is 12.4. The van der Waals surface area contributed by atoms with Crippen LogP contribution in [0.5, 0.6) is 11.5 Å². The van der Waals surface area contributed by atoms with Gasteiger partial charge in [0.15, 0.2) is 0 Å². The van der Waals surface area contributed by atoms with Crippen LogP contribution in [-0.2, 0) is 22.6 Å². The van der Waals surface area contributed by atoms with Gasteiger partial charge in [0, 0.05) is 12.2 Å². The van der Waals surface area contributed by atoms with Gasteiger partial charge in [-0.25, -0.2) is 0 Å². The van der Waals surface area contributed by atoms with Crippen LogP contribution in [0, 0.1) is 0 Å². The maximum Gasteiger partial charge on any atom is 0.251 e. The fraction of sp³-hybridized carbons (Fsp3) is 0.161. The number of hydrogen-bond acceptors (Lipinski definition) is 4. The third-order valence-electron chi connectivity index (χ3n) is 6.06. The van der Waals surface area contributed by atoms with Crippen LogP contribution in [0.2, 0.25) is 0 Å². The molecule has 0 aliphatic carbocycles. The van der Waals surface area contributed by atoms with Crippen molar-refractivity contribution in [2.45, 2.75) is 19.0 Å². The number of amides is 2. The summed E-state index contributed by atoms with van der Waals surface area (Å²) in [5.74, 6) is 0.964. The fourth-order valence-electron chi connectivity index (χ4n) is 4.12. The normalized spacial score (nSPS) is 11.3. The Morgan fingerprint density at radius 3 is 1.81 bits per heavy atom. The summed E-state index contributed by atoms with van der Waals surface area (Å²) in [4.78, 5) is 29.2. The molecule has 188 valence electrons. The third kappa shape index (κ3) is 6.76. The number of anilines is 1. The van der Waals surface area contributed by atoms with Gasteiger partial charge >= 0.3 is 0 Å². The standard InChI is InChI=1S/C31H30N2O4/c1-36-27-17-13-24(14-18-27)22-33(29(34)21-23-9-5-3-6-10-23)30(25-11-7-4-8-12-25)31(35)32-26-15-19-28(37-2)20-16-26/h3-20,30H,21-22H2,1-2H3,(H,32,35). The van der Waals surface area contributed by atoms with Crippen LogP contribution in [0.1, 0.15) is 22.7 Å². The number of hydrogen-bond donors (Lipinski definition) is 1. The Kier molecular flexibility index (Phi) is 8.55. The lowest BCUT2D eigenvalue weighted by Crippen LogP contribution is -2.41. The summed E-state index contributed by atoms with van der Waals surface area (Å²) in [5.41, 5.74) is 3.12. The molecule has 4 aromatic rings. The van der Waals surface area contributed by atoms with Crippen molar-refractivity contribution in [1.82, 2.24) is 4.90 Å². The van der Waals surface area contributed by atoms with Crippen molar-refractivity contribution >= 4 is 17.5 Å². The van der Waals surface area contributed by atoms with Crippen LogP contribution in [0.3, 0.4) is 0 Å². The fourth-order valence-corrected chi connectivity index (χ4v) is 4.12. The van der Waals surface area contributed by atoms with Crippen LogP contribution >= 0.6 is 0 Å². The van der Waals surface area contributed by atoms with E-state index in [2.05, 4.69) is 5.32 Å². The molecular formula is C31H30N2O4. The first kappa shape index (κ1) is 25.5. The second-order valence-electron chi connectivity index (χ2n) is 8.56. The van der Waals surface area contributed by atoms with E-state index in [1.807, 2.05) is 84.9 Å². The van der Waals surface area contributed by atoms with E-state index in [0.717, 1.165) is 22.4 Å². The quantitative estimate of drug-likeness (QED) is 0.309. The van der Waals surface area contributed by atoms with Crippen molar-refractivity contribution in [3.63, 3.8) is 0 Å². The number of carbonyl (C=O) groups excluding carboxylic acids is 2. The summed E-state index contributed by atoms with van der Waals surface area (Å²) in [6, 6.07) is 32.7. The SMILES string of the molecule is COc1ccc(CN(C(=O)Cc2ccccc2)C(C(=O)Nc2ccc(OC)cc2)c2ccccc2)cc1. The van der Waals surface area contributed by atoms with Crippen molar-refractivity contribution in [2.24, 2.45) is 0 Å². The number of carbonyl (C=O) groups is 2. The first-order valence-electron chi connectivity index (χ1n) is 12.0. The molecule has 0 radical (unpaired) electrons. The summed E-state index contributed by atoms with van der Waals surface area (Å²) in [6.07, 6.45) is 0.177. The van der Waals surface area contributed by atoms with Gasteiger partial charge in [-0.15, -0.1) is 0 Å². The van der Waals surface area contributed by atoms with Crippen molar-refractivity contribution in [2.75, 3.05) is 19.5 Å². The molecule has 0 aliphatic rings. The maximum absolute atomic E-state index is 13.8. The monoisotopic (exact) mass is 494 g/mol. The molecule has 1 N–H and O–H groups in total. The van der Waals surface area contributed by atoms with E-state index in [9.17, 15) is 9.59 Å². The van der Waals surface area contributed by atoms with Gasteiger partial charge in [-0.05, 0) is 53.1 Å². The van der Waals surface area contributed by atoms with Gasteiger partial charge in [-0.1, -0.05) is 72.8 Å². The van der Waals surface area contributed by atoms with E-state index in [4.69, 9.17) is 9.47 Å². The molecule has 0 bridgehead atoms. The zero-order chi connectivity index (χ0) is 26.0. The highest BCUT2D eigenvalue weighted by Crippen LogP contribution is 2.27. The van der Waals surface area contributed by atoms with E-state index < -0.39 is 6.04 Å². The Bertz CT molecular complexity index is 1290. The molecule has 0 aliphatic heterocycles. The van der Waals surface area contributed by atoms with Crippen molar-refractivity contribution in [3.8, 4) is 11.5 Å². The lowest BCUT2D eigenvalue weighted by molar-refractivity contribution is -0.139. The molecule has 2 amide bonds. The summed E-state index contributed by atoms with van der Waals surface area (Å²) >= 11 is 0. The average molecular weight is 495 g/mol. The maximum atomic E-state index is 13.8. The van der Waals surface area contributed by atoms with Crippen LogP contribution < -0.4 is 14.8 Å². The van der Waals surface area contributed by atoms with E-state index in [1.165, 1.54) is 0 Å². The predicted octanol–water partition coefficient (Wildman–Crippen LogP) is 5.66. The topological polar surface area (TPSA) is 67.9 Å². The molecule has 0 saturated carbocycles. The Hall–Kier alpha value is -4.58. The third-order valence-corrected chi connectivity index (χ3v) is 6.06. The summed E-state index contributed by atoms with van der Waals surface area (Å²) in [5, 5.41) is 2.99. The molecule has 4 rings (SSSR count). The highest BCUT2D eigenvalue weighted by molar-refractivity contribution is 5.98. The Labute approximate surface area is 217 Å². The van der Waals surface area contributed by atoms with E-state index in [0.29, 0.717) is 11.4 Å². The van der Waals surface area contributed by atoms with Crippen LogP contribution in [-0.4, -0.2) is 30.9 Å². The van der Waals surface area contributed by atoms with Gasteiger partial charge in [0.05, 0.1) is 20.6 Å². The average Bonchev–Trinajstić information content (AvgIpc) is 2.94. The number of ether oxygens (including phenoxy) is 2. The Balaban J connectivity index is 1.70. The van der Waals surface area contributed by atoms with Crippen molar-refractivity contribution < 1.29 is 19.1 Å². The second-order valence-corrected chi connectivity index (χ2v) is 8.56. The van der Waals surface area contributed by atoms with Gasteiger partial charge in [-0.3, -0.25) is 9.59 Å². The first-order chi connectivity index (χ1) is 18.1. The van der Waals surface area contributed by atoms with E-state index in [-0.39, 0.29) is 24.8 Å². The zero-order valence-electron chi connectivity index (χ0n) is 21.0. The smallest absolute Gasteiger partial charge is 0.251 e. The van der Waals surface area contributed by atoms with Gasteiger partial charge in [0.1, 0.15) is 17.5 Å². The lowest BCUT2D eigenvalue weighted by atomic mass is 10.0. The molecular weight excluding hydrogens is 464 g/mol. The van der Waals surface area contributed by atoms with Crippen LogP contribution in [0.4, 0.5) is 5.69 Å². The molecule has 0 spiro atoms. The van der Waals surface area contributed by atoms with E-state index in [1.54, 1.807) is 43.4 Å². The minimum absolute atomic E-state index is 0.152. The summed E-state index contributed by atoms with van der Waals surface area (Å²) < 4.78 is 10.5. The van der Waals surface area contributed by atoms with Crippen LogP contribution in [0.15, 0.2) is 109 Å². The minimum atomic E-state index is -0.846. The summed E-state index contributed by atoms with van der Waals surface area (Å²) in [7, 11) is 3.20. The van der Waals surface area contributed by atoms with E-state index >= 15 is 0 Å². The molecule has 37 heavy (non-hydrogen) atoms. The molecule has 4 aromatic carbocycles. The van der Waals surface area contributed by atoms with Gasteiger partial charge < -0.3 is 19.7 Å². The lowest BCUT2D eigenvalue weighted by Gasteiger charge is -2.32. The zero-order valence-corrected chi connectivity index (χ0v) is 21.0. The highest BCUT2D eigenvalue weighted by atomic mass is 16.5. The molecule has 0 fully saturated rings. The Morgan fingerprint density at radius 2 is 1.24 bits per heavy atom. The van der Waals surface area contributed by atoms with Gasteiger partial charge in [0.25, 0.3) is 5.91 Å². The number of benzene rings is 4. The number of methoxy groups -OCH3 is 2. The molecule has 1 atom stereocenters. The molecule has 0 saturated heterocycles. The molecule has 6 nitrogen and oxygen atoms in total. The summed E-state index contributed by atoms with van der Waals surface area (Å²) in [6.45, 7) is 0.255.